The van der Waals surface area contributed by atoms with Gasteiger partial charge in [-0.05, 0) is 11.6 Å². The quantitative estimate of drug-likeness (QED) is 0.861. The lowest BCUT2D eigenvalue weighted by atomic mass is 9.83. The summed E-state index contributed by atoms with van der Waals surface area (Å²) >= 11 is 0. The summed E-state index contributed by atoms with van der Waals surface area (Å²) in [6.07, 6.45) is -4.38. The predicted molar refractivity (Wildman–Crippen MR) is 87.3 cm³/mol. The molecule has 1 aromatic rings. The van der Waals surface area contributed by atoms with Crippen LogP contribution < -0.4 is 10.6 Å². The number of hydrogen-bond donors (Lipinski definition) is 2. The second kappa shape index (κ2) is 8.18. The van der Waals surface area contributed by atoms with Crippen molar-refractivity contribution in [3.05, 3.63) is 35.4 Å². The highest BCUT2D eigenvalue weighted by molar-refractivity contribution is 5.85. The van der Waals surface area contributed by atoms with Crippen LogP contribution in [0.5, 0.6) is 0 Å². The lowest BCUT2D eigenvalue weighted by Gasteiger charge is -2.29. The molecule has 1 fully saturated rings. The first-order chi connectivity index (χ1) is 10.7. The zero-order valence-corrected chi connectivity index (χ0v) is 14.4. The molecule has 0 saturated carbocycles. The first kappa shape index (κ1) is 20.7. The second-order valence-electron chi connectivity index (χ2n) is 6.26. The van der Waals surface area contributed by atoms with E-state index < -0.39 is 23.2 Å². The standard InChI is InChI=1S/C16H21F3N2O2.ClH/c1-15(2,10-21-14(22)13-9-23-7-6-20-13)11-4-3-5-12(8-11)16(17,18)19;/h3-5,8,13,20H,6-7,9-10H2,1-2H3,(H,21,22);1H. The van der Waals surface area contributed by atoms with Gasteiger partial charge in [-0.2, -0.15) is 13.2 Å². The summed E-state index contributed by atoms with van der Waals surface area (Å²) < 4.78 is 43.7. The van der Waals surface area contributed by atoms with E-state index in [1.165, 1.54) is 6.07 Å². The van der Waals surface area contributed by atoms with Crippen LogP contribution in [0.25, 0.3) is 0 Å². The summed E-state index contributed by atoms with van der Waals surface area (Å²) in [5.41, 5.74) is -0.774. The highest BCUT2D eigenvalue weighted by Crippen LogP contribution is 2.32. The maximum atomic E-state index is 12.8. The molecule has 1 amide bonds. The van der Waals surface area contributed by atoms with E-state index in [9.17, 15) is 18.0 Å². The molecule has 1 aliphatic rings. The third kappa shape index (κ3) is 5.36. The lowest BCUT2D eigenvalue weighted by molar-refractivity contribution is -0.137. The normalized spacial score (nSPS) is 18.6. The summed E-state index contributed by atoms with van der Waals surface area (Å²) in [5.74, 6) is -0.204. The Labute approximate surface area is 145 Å². The lowest BCUT2D eigenvalue weighted by Crippen LogP contribution is -2.52. The second-order valence-corrected chi connectivity index (χ2v) is 6.26. The Morgan fingerprint density at radius 1 is 1.33 bits per heavy atom. The van der Waals surface area contributed by atoms with E-state index in [0.29, 0.717) is 25.3 Å². The van der Waals surface area contributed by atoms with Crippen LogP contribution in [0.15, 0.2) is 24.3 Å². The van der Waals surface area contributed by atoms with Gasteiger partial charge >= 0.3 is 6.18 Å². The van der Waals surface area contributed by atoms with Crippen LogP contribution in [-0.4, -0.2) is 38.3 Å². The van der Waals surface area contributed by atoms with Gasteiger partial charge in [-0.3, -0.25) is 4.79 Å². The van der Waals surface area contributed by atoms with Crippen LogP contribution in [0, 0.1) is 0 Å². The highest BCUT2D eigenvalue weighted by atomic mass is 35.5. The Morgan fingerprint density at radius 3 is 2.58 bits per heavy atom. The molecule has 0 radical (unpaired) electrons. The Balaban J connectivity index is 0.00000288. The Hall–Kier alpha value is -1.31. The Morgan fingerprint density at radius 2 is 2.00 bits per heavy atom. The summed E-state index contributed by atoms with van der Waals surface area (Å²) in [4.78, 5) is 12.1. The minimum Gasteiger partial charge on any atom is -0.378 e. The molecule has 24 heavy (non-hydrogen) atoms. The van der Waals surface area contributed by atoms with Gasteiger partial charge in [0.15, 0.2) is 0 Å². The van der Waals surface area contributed by atoms with Crippen molar-refractivity contribution < 1.29 is 22.7 Å². The van der Waals surface area contributed by atoms with Gasteiger partial charge in [-0.15, -0.1) is 12.4 Å². The van der Waals surface area contributed by atoms with Crippen molar-refractivity contribution in [2.45, 2.75) is 31.5 Å². The number of rotatable bonds is 4. The fourth-order valence-corrected chi connectivity index (χ4v) is 2.38. The van der Waals surface area contributed by atoms with Crippen LogP contribution in [-0.2, 0) is 21.1 Å². The van der Waals surface area contributed by atoms with Gasteiger partial charge in [0.2, 0.25) is 5.91 Å². The maximum absolute atomic E-state index is 12.8. The third-order valence-corrected chi connectivity index (χ3v) is 3.91. The molecule has 0 aliphatic carbocycles. The van der Waals surface area contributed by atoms with Gasteiger partial charge in [0.05, 0.1) is 18.8 Å². The van der Waals surface area contributed by atoms with Crippen LogP contribution in [0.4, 0.5) is 13.2 Å². The van der Waals surface area contributed by atoms with Crippen molar-refractivity contribution in [3.63, 3.8) is 0 Å². The zero-order chi connectivity index (χ0) is 17.1. The Kier molecular flexibility index (Phi) is 7.07. The van der Waals surface area contributed by atoms with E-state index in [0.717, 1.165) is 12.1 Å². The summed E-state index contributed by atoms with van der Waals surface area (Å²) in [7, 11) is 0. The van der Waals surface area contributed by atoms with Gasteiger partial charge in [0.1, 0.15) is 6.04 Å². The predicted octanol–water partition coefficient (Wildman–Crippen LogP) is 2.51. The smallest absolute Gasteiger partial charge is 0.378 e. The first-order valence-electron chi connectivity index (χ1n) is 7.47. The number of halogens is 4. The van der Waals surface area contributed by atoms with Crippen molar-refractivity contribution >= 4 is 18.3 Å². The largest absolute Gasteiger partial charge is 0.416 e. The molecule has 1 atom stereocenters. The van der Waals surface area contributed by atoms with E-state index in [-0.39, 0.29) is 24.9 Å². The topological polar surface area (TPSA) is 50.4 Å². The fourth-order valence-electron chi connectivity index (χ4n) is 2.38. The van der Waals surface area contributed by atoms with E-state index in [1.54, 1.807) is 19.9 Å². The molecule has 1 aromatic carbocycles. The van der Waals surface area contributed by atoms with Crippen molar-refractivity contribution in [1.29, 1.82) is 0 Å². The number of hydrogen-bond acceptors (Lipinski definition) is 3. The molecule has 1 aliphatic heterocycles. The van der Waals surface area contributed by atoms with Crippen molar-refractivity contribution in [3.8, 4) is 0 Å². The molecule has 0 bridgehead atoms. The molecule has 8 heteroatoms. The number of carbonyl (C=O) groups excluding carboxylic acids is 1. The minimum atomic E-state index is -4.38. The third-order valence-electron chi connectivity index (χ3n) is 3.91. The van der Waals surface area contributed by atoms with Crippen LogP contribution in [0.2, 0.25) is 0 Å². The molecular weight excluding hydrogens is 345 g/mol. The molecule has 2 rings (SSSR count). The number of nitrogens with one attached hydrogen (secondary N) is 2. The van der Waals surface area contributed by atoms with Gasteiger partial charge in [0, 0.05) is 18.5 Å². The molecule has 0 spiro atoms. The average molecular weight is 367 g/mol. The molecule has 4 nitrogen and oxygen atoms in total. The van der Waals surface area contributed by atoms with Crippen LogP contribution in [0.1, 0.15) is 25.0 Å². The van der Waals surface area contributed by atoms with E-state index >= 15 is 0 Å². The number of alkyl halides is 3. The van der Waals surface area contributed by atoms with E-state index in [1.807, 2.05) is 0 Å². The number of amides is 1. The number of carbonyl (C=O) groups is 1. The van der Waals surface area contributed by atoms with Crippen molar-refractivity contribution in [2.75, 3.05) is 26.3 Å². The molecule has 2 N–H and O–H groups in total. The number of morpholine rings is 1. The first-order valence-corrected chi connectivity index (χ1v) is 7.47. The number of benzene rings is 1. The SMILES string of the molecule is CC(C)(CNC(=O)C1COCCN1)c1cccc(C(F)(F)F)c1.Cl. The Bertz CT molecular complexity index is 558. The summed E-state index contributed by atoms with van der Waals surface area (Å²) in [5, 5.41) is 5.82. The van der Waals surface area contributed by atoms with Crippen LogP contribution >= 0.6 is 12.4 Å². The van der Waals surface area contributed by atoms with Crippen LogP contribution in [0.3, 0.4) is 0 Å². The van der Waals surface area contributed by atoms with Gasteiger partial charge in [0.25, 0.3) is 0 Å². The molecule has 1 unspecified atom stereocenters. The van der Waals surface area contributed by atoms with E-state index in [2.05, 4.69) is 10.6 Å². The van der Waals surface area contributed by atoms with E-state index in [4.69, 9.17) is 4.74 Å². The molecule has 1 heterocycles. The molecule has 136 valence electrons. The molecule has 1 saturated heterocycles. The maximum Gasteiger partial charge on any atom is 0.416 e. The van der Waals surface area contributed by atoms with Gasteiger partial charge < -0.3 is 15.4 Å². The number of ether oxygens (including phenoxy) is 1. The van der Waals surface area contributed by atoms with Gasteiger partial charge in [-0.25, -0.2) is 0 Å². The average Bonchev–Trinajstić information content (AvgIpc) is 2.53. The summed E-state index contributed by atoms with van der Waals surface area (Å²) in [6.45, 7) is 5.32. The highest BCUT2D eigenvalue weighted by Gasteiger charge is 2.32. The van der Waals surface area contributed by atoms with Crippen molar-refractivity contribution in [2.24, 2.45) is 0 Å². The molecular formula is C16H22ClF3N2O2. The zero-order valence-electron chi connectivity index (χ0n) is 13.6. The molecule has 0 aromatic heterocycles. The van der Waals surface area contributed by atoms with Gasteiger partial charge in [-0.1, -0.05) is 32.0 Å². The monoisotopic (exact) mass is 366 g/mol. The fraction of sp³-hybridized carbons (Fsp3) is 0.562. The minimum absolute atomic E-state index is 0. The van der Waals surface area contributed by atoms with Crippen molar-refractivity contribution in [1.82, 2.24) is 10.6 Å². The summed E-state index contributed by atoms with van der Waals surface area (Å²) in [6, 6.07) is 4.79.